The predicted molar refractivity (Wildman–Crippen MR) is 77.2 cm³/mol. The molecule has 2 rings (SSSR count). The van der Waals surface area contributed by atoms with Gasteiger partial charge in [0.1, 0.15) is 0 Å². The number of amides is 1. The third-order valence-electron chi connectivity index (χ3n) is 5.21. The van der Waals surface area contributed by atoms with Gasteiger partial charge in [0.2, 0.25) is 5.91 Å². The molecule has 5 heteroatoms. The smallest absolute Gasteiger partial charge is 0.223 e. The van der Waals surface area contributed by atoms with Gasteiger partial charge in [-0.15, -0.1) is 0 Å². The first-order valence-electron chi connectivity index (χ1n) is 7.65. The molecule has 0 aromatic rings. The molecule has 2 fully saturated rings. The molecule has 20 heavy (non-hydrogen) atoms. The van der Waals surface area contributed by atoms with E-state index in [2.05, 4.69) is 26.1 Å². The fourth-order valence-electron chi connectivity index (χ4n) is 3.31. The summed E-state index contributed by atoms with van der Waals surface area (Å²) in [7, 11) is 0. The Hall–Kier alpha value is -0.650. The first kappa shape index (κ1) is 15.7. The van der Waals surface area contributed by atoms with E-state index in [0.717, 1.165) is 12.8 Å². The highest BCUT2D eigenvalue weighted by molar-refractivity contribution is 5.79. The molecular formula is C15H28N2O3. The summed E-state index contributed by atoms with van der Waals surface area (Å²) in [4.78, 5) is 12.5. The number of ether oxygens (including phenoxy) is 2. The Balaban J connectivity index is 1.88. The second kappa shape index (κ2) is 6.41. The highest BCUT2D eigenvalue weighted by Gasteiger charge is 2.44. The standard InChI is InChI=1S/C15H28N2O3/c1-10-13(16)5-4-12(15(10,2)3)14(18)17-8-11-9-19-6-7-20-11/h10-13H,4-9,16H2,1-3H3,(H,17,18). The van der Waals surface area contributed by atoms with E-state index < -0.39 is 0 Å². The van der Waals surface area contributed by atoms with Gasteiger partial charge in [0, 0.05) is 18.5 Å². The number of hydrogen-bond donors (Lipinski definition) is 2. The quantitative estimate of drug-likeness (QED) is 0.808. The maximum Gasteiger partial charge on any atom is 0.223 e. The highest BCUT2D eigenvalue weighted by atomic mass is 16.6. The third kappa shape index (κ3) is 3.32. The van der Waals surface area contributed by atoms with Gasteiger partial charge in [0.25, 0.3) is 0 Å². The molecule has 5 nitrogen and oxygen atoms in total. The van der Waals surface area contributed by atoms with Crippen molar-refractivity contribution in [1.29, 1.82) is 0 Å². The van der Waals surface area contributed by atoms with E-state index in [9.17, 15) is 4.79 Å². The Bertz CT molecular complexity index is 340. The Morgan fingerprint density at radius 3 is 2.75 bits per heavy atom. The summed E-state index contributed by atoms with van der Waals surface area (Å²) in [6.45, 7) is 8.82. The molecule has 1 saturated heterocycles. The van der Waals surface area contributed by atoms with Crippen molar-refractivity contribution < 1.29 is 14.3 Å². The van der Waals surface area contributed by atoms with Crippen LogP contribution >= 0.6 is 0 Å². The first-order chi connectivity index (χ1) is 9.43. The summed E-state index contributed by atoms with van der Waals surface area (Å²) in [5.41, 5.74) is 6.08. The molecule has 1 aliphatic heterocycles. The summed E-state index contributed by atoms with van der Waals surface area (Å²) in [5.74, 6) is 0.506. The lowest BCUT2D eigenvalue weighted by Crippen LogP contribution is -2.52. The van der Waals surface area contributed by atoms with Gasteiger partial charge in [0.05, 0.1) is 25.9 Å². The number of carbonyl (C=O) groups is 1. The molecule has 4 unspecified atom stereocenters. The molecule has 0 radical (unpaired) electrons. The first-order valence-corrected chi connectivity index (χ1v) is 7.65. The van der Waals surface area contributed by atoms with E-state index in [-0.39, 0.29) is 29.4 Å². The van der Waals surface area contributed by atoms with Crippen molar-refractivity contribution >= 4 is 5.91 Å². The van der Waals surface area contributed by atoms with Crippen LogP contribution in [0.4, 0.5) is 0 Å². The second-order valence-electron chi connectivity index (χ2n) is 6.72. The van der Waals surface area contributed by atoms with Crippen LogP contribution in [-0.2, 0) is 14.3 Å². The average Bonchev–Trinajstić information content (AvgIpc) is 2.43. The van der Waals surface area contributed by atoms with Gasteiger partial charge >= 0.3 is 0 Å². The molecule has 0 bridgehead atoms. The molecule has 0 spiro atoms. The molecule has 1 saturated carbocycles. The maximum atomic E-state index is 12.5. The van der Waals surface area contributed by atoms with Crippen LogP contribution in [0.3, 0.4) is 0 Å². The second-order valence-corrected chi connectivity index (χ2v) is 6.72. The number of carbonyl (C=O) groups excluding carboxylic acids is 1. The lowest BCUT2D eigenvalue weighted by Gasteiger charge is -2.46. The summed E-state index contributed by atoms with van der Waals surface area (Å²) in [5, 5.41) is 3.03. The Morgan fingerprint density at radius 2 is 2.10 bits per heavy atom. The molecule has 0 aromatic carbocycles. The molecule has 1 amide bonds. The third-order valence-corrected chi connectivity index (χ3v) is 5.21. The van der Waals surface area contributed by atoms with Crippen molar-refractivity contribution in [2.24, 2.45) is 23.0 Å². The van der Waals surface area contributed by atoms with E-state index in [1.807, 2.05) is 0 Å². The minimum absolute atomic E-state index is 0.0147. The van der Waals surface area contributed by atoms with Crippen molar-refractivity contribution in [2.45, 2.75) is 45.8 Å². The fraction of sp³-hybridized carbons (Fsp3) is 0.933. The summed E-state index contributed by atoms with van der Waals surface area (Å²) < 4.78 is 10.9. The SMILES string of the molecule is CC1C(N)CCC(C(=O)NCC2COCCO2)C1(C)C. The molecule has 1 heterocycles. The molecule has 1 aliphatic carbocycles. The van der Waals surface area contributed by atoms with Crippen LogP contribution in [0.15, 0.2) is 0 Å². The highest BCUT2D eigenvalue weighted by Crippen LogP contribution is 2.44. The van der Waals surface area contributed by atoms with Crippen molar-refractivity contribution in [1.82, 2.24) is 5.32 Å². The zero-order valence-corrected chi connectivity index (χ0v) is 12.9. The Labute approximate surface area is 121 Å². The van der Waals surface area contributed by atoms with Gasteiger partial charge in [-0.1, -0.05) is 20.8 Å². The largest absolute Gasteiger partial charge is 0.376 e. The summed E-state index contributed by atoms with van der Waals surface area (Å²) >= 11 is 0. The zero-order valence-electron chi connectivity index (χ0n) is 12.9. The van der Waals surface area contributed by atoms with Gasteiger partial charge < -0.3 is 20.5 Å². The molecule has 0 aromatic heterocycles. The Kier molecular flexibility index (Phi) is 5.04. The van der Waals surface area contributed by atoms with Crippen LogP contribution < -0.4 is 11.1 Å². The Morgan fingerprint density at radius 1 is 1.35 bits per heavy atom. The molecule has 116 valence electrons. The van der Waals surface area contributed by atoms with Crippen LogP contribution in [0, 0.1) is 17.3 Å². The maximum absolute atomic E-state index is 12.5. The lowest BCUT2D eigenvalue weighted by atomic mass is 9.61. The summed E-state index contributed by atoms with van der Waals surface area (Å²) in [6.07, 6.45) is 1.78. The normalized spacial score (nSPS) is 37.4. The van der Waals surface area contributed by atoms with Crippen LogP contribution in [0.25, 0.3) is 0 Å². The van der Waals surface area contributed by atoms with E-state index >= 15 is 0 Å². The number of nitrogens with one attached hydrogen (secondary N) is 1. The molecule has 4 atom stereocenters. The van der Waals surface area contributed by atoms with Crippen LogP contribution in [0.5, 0.6) is 0 Å². The molecular weight excluding hydrogens is 256 g/mol. The van der Waals surface area contributed by atoms with Crippen LogP contribution in [-0.4, -0.2) is 44.4 Å². The zero-order chi connectivity index (χ0) is 14.8. The van der Waals surface area contributed by atoms with E-state index in [4.69, 9.17) is 15.2 Å². The van der Waals surface area contributed by atoms with Crippen molar-refractivity contribution in [3.8, 4) is 0 Å². The summed E-state index contributed by atoms with van der Waals surface area (Å²) in [6, 6.07) is 0.198. The lowest BCUT2D eigenvalue weighted by molar-refractivity contribution is -0.134. The van der Waals surface area contributed by atoms with Gasteiger partial charge in [-0.05, 0) is 24.2 Å². The van der Waals surface area contributed by atoms with E-state index in [0.29, 0.717) is 32.3 Å². The van der Waals surface area contributed by atoms with Crippen molar-refractivity contribution in [3.63, 3.8) is 0 Å². The number of nitrogens with two attached hydrogens (primary N) is 1. The van der Waals surface area contributed by atoms with Crippen LogP contribution in [0.2, 0.25) is 0 Å². The fourth-order valence-corrected chi connectivity index (χ4v) is 3.31. The number of hydrogen-bond acceptors (Lipinski definition) is 4. The van der Waals surface area contributed by atoms with Crippen molar-refractivity contribution in [3.05, 3.63) is 0 Å². The monoisotopic (exact) mass is 284 g/mol. The van der Waals surface area contributed by atoms with Gasteiger partial charge in [0.15, 0.2) is 0 Å². The topological polar surface area (TPSA) is 73.6 Å². The van der Waals surface area contributed by atoms with E-state index in [1.165, 1.54) is 0 Å². The minimum atomic E-state index is -0.0638. The minimum Gasteiger partial charge on any atom is -0.376 e. The van der Waals surface area contributed by atoms with Crippen LogP contribution in [0.1, 0.15) is 33.6 Å². The molecule has 3 N–H and O–H groups in total. The average molecular weight is 284 g/mol. The predicted octanol–water partition coefficient (Wildman–Crippen LogP) is 0.918. The van der Waals surface area contributed by atoms with Gasteiger partial charge in [-0.2, -0.15) is 0 Å². The van der Waals surface area contributed by atoms with E-state index in [1.54, 1.807) is 0 Å². The molecule has 2 aliphatic rings. The van der Waals surface area contributed by atoms with Gasteiger partial charge in [-0.25, -0.2) is 0 Å². The van der Waals surface area contributed by atoms with Crippen molar-refractivity contribution in [2.75, 3.05) is 26.4 Å². The number of rotatable bonds is 3. The van der Waals surface area contributed by atoms with Gasteiger partial charge in [-0.3, -0.25) is 4.79 Å².